The number of ether oxygens (including phenoxy) is 1. The number of aryl methyl sites for hydroxylation is 1. The van der Waals surface area contributed by atoms with E-state index in [2.05, 4.69) is 10.3 Å². The largest absolute Gasteiger partial charge is 0.494 e. The maximum atomic E-state index is 12.9. The normalized spacial score (nSPS) is 17.3. The highest BCUT2D eigenvalue weighted by molar-refractivity contribution is 7.80. The van der Waals surface area contributed by atoms with Crippen molar-refractivity contribution in [3.63, 3.8) is 0 Å². The summed E-state index contributed by atoms with van der Waals surface area (Å²) in [5, 5.41) is 2.64. The lowest BCUT2D eigenvalue weighted by Gasteiger charge is -2.30. The molecule has 0 aliphatic carbocycles. The van der Waals surface area contributed by atoms with Gasteiger partial charge >= 0.3 is 0 Å². The minimum atomic E-state index is -1.06. The zero-order valence-corrected chi connectivity index (χ0v) is 15.8. The second-order valence-corrected chi connectivity index (χ2v) is 6.38. The molecule has 2 aromatic rings. The Balaban J connectivity index is 1.85. The van der Waals surface area contributed by atoms with Crippen molar-refractivity contribution in [1.29, 1.82) is 0 Å². The lowest BCUT2D eigenvalue weighted by molar-refractivity contribution is -0.130. The van der Waals surface area contributed by atoms with Gasteiger partial charge in [-0.25, -0.2) is 0 Å². The van der Waals surface area contributed by atoms with Gasteiger partial charge in [-0.05, 0) is 50.3 Å². The van der Waals surface area contributed by atoms with Crippen molar-refractivity contribution in [2.24, 2.45) is 10.9 Å². The molecule has 0 aromatic heterocycles. The van der Waals surface area contributed by atoms with Crippen LogP contribution in [-0.2, 0) is 9.59 Å². The summed E-state index contributed by atoms with van der Waals surface area (Å²) in [4.78, 5) is 30.8. The van der Waals surface area contributed by atoms with Gasteiger partial charge in [0, 0.05) is 12.3 Å². The van der Waals surface area contributed by atoms with Crippen molar-refractivity contribution in [2.75, 3.05) is 11.5 Å². The highest BCUT2D eigenvalue weighted by atomic mass is 32.1. The van der Waals surface area contributed by atoms with Gasteiger partial charge in [-0.1, -0.05) is 23.8 Å². The molecule has 0 spiro atoms. The van der Waals surface area contributed by atoms with E-state index in [0.29, 0.717) is 23.7 Å². The topological polar surface area (TPSA) is 71.0 Å². The Hall–Kier alpha value is -3.06. The van der Waals surface area contributed by atoms with Crippen molar-refractivity contribution in [1.82, 2.24) is 5.32 Å². The molecule has 1 N–H and O–H groups in total. The fraction of sp³-hybridized carbons (Fsp3) is 0.200. The summed E-state index contributed by atoms with van der Waals surface area (Å²) in [6.07, 6.45) is 1.34. The molecule has 1 saturated heterocycles. The molecule has 1 aliphatic heterocycles. The Kier molecular flexibility index (Phi) is 5.61. The molecule has 2 amide bonds. The van der Waals surface area contributed by atoms with Crippen LogP contribution in [0, 0.1) is 12.8 Å². The third kappa shape index (κ3) is 4.20. The summed E-state index contributed by atoms with van der Waals surface area (Å²) >= 11 is 5.18. The van der Waals surface area contributed by atoms with Gasteiger partial charge in [0.05, 0.1) is 18.0 Å². The van der Waals surface area contributed by atoms with E-state index in [0.717, 1.165) is 5.56 Å². The number of anilines is 1. The summed E-state index contributed by atoms with van der Waals surface area (Å²) in [5.41, 5.74) is 2.26. The maximum Gasteiger partial charge on any atom is 0.251 e. The van der Waals surface area contributed by atoms with E-state index in [-0.39, 0.29) is 5.11 Å². The molecule has 3 rings (SSSR count). The zero-order chi connectivity index (χ0) is 19.4. The number of benzene rings is 2. The lowest BCUT2D eigenvalue weighted by Crippen LogP contribution is -2.58. The average Bonchev–Trinajstić information content (AvgIpc) is 2.63. The first kappa shape index (κ1) is 18.7. The first-order chi connectivity index (χ1) is 13.0. The Morgan fingerprint density at radius 3 is 2.67 bits per heavy atom. The van der Waals surface area contributed by atoms with Crippen LogP contribution in [-0.4, -0.2) is 29.7 Å². The van der Waals surface area contributed by atoms with Crippen LogP contribution in [0.5, 0.6) is 5.75 Å². The number of hydrogen-bond acceptors (Lipinski definition) is 5. The van der Waals surface area contributed by atoms with Crippen LogP contribution in [0.1, 0.15) is 12.5 Å². The van der Waals surface area contributed by atoms with Crippen LogP contribution < -0.4 is 15.0 Å². The lowest BCUT2D eigenvalue weighted by atomic mass is 10.1. The molecule has 6 nitrogen and oxygen atoms in total. The molecule has 27 heavy (non-hydrogen) atoms. The van der Waals surface area contributed by atoms with Crippen LogP contribution in [0.3, 0.4) is 0 Å². The van der Waals surface area contributed by atoms with E-state index in [9.17, 15) is 9.59 Å². The molecule has 1 heterocycles. The number of aliphatic imine (C=N–C) groups is 1. The number of amides is 2. The molecule has 1 fully saturated rings. The van der Waals surface area contributed by atoms with E-state index < -0.39 is 17.7 Å². The number of carbonyl (C=O) groups excluding carboxylic acids is 2. The SMILES string of the molecule is CCOc1cccc(N=C[C@@H]2C(=O)NC(=S)N(c3ccc(C)cc3)C2=O)c1. The molecular weight excluding hydrogens is 362 g/mol. The molecule has 0 bridgehead atoms. The number of thiocarbonyl (C=S) groups is 1. The number of hydrogen-bond donors (Lipinski definition) is 1. The monoisotopic (exact) mass is 381 g/mol. The molecular formula is C20H19N3O3S. The highest BCUT2D eigenvalue weighted by Gasteiger charge is 2.38. The van der Waals surface area contributed by atoms with E-state index in [1.165, 1.54) is 11.1 Å². The van der Waals surface area contributed by atoms with Crippen molar-refractivity contribution >= 4 is 46.7 Å². The summed E-state index contributed by atoms with van der Waals surface area (Å²) in [7, 11) is 0. The first-order valence-corrected chi connectivity index (χ1v) is 8.93. The number of nitrogens with zero attached hydrogens (tertiary/aromatic N) is 2. The predicted octanol–water partition coefficient (Wildman–Crippen LogP) is 3.16. The van der Waals surface area contributed by atoms with Gasteiger partial charge in [0.25, 0.3) is 5.91 Å². The van der Waals surface area contributed by atoms with E-state index in [1.54, 1.807) is 30.3 Å². The zero-order valence-electron chi connectivity index (χ0n) is 15.0. The van der Waals surface area contributed by atoms with E-state index >= 15 is 0 Å². The van der Waals surface area contributed by atoms with Crippen LogP contribution >= 0.6 is 12.2 Å². The summed E-state index contributed by atoms with van der Waals surface area (Å²) in [6.45, 7) is 4.39. The second-order valence-electron chi connectivity index (χ2n) is 5.99. The fourth-order valence-corrected chi connectivity index (χ4v) is 2.94. The van der Waals surface area contributed by atoms with Gasteiger partial charge in [0.15, 0.2) is 11.0 Å². The van der Waals surface area contributed by atoms with Crippen molar-refractivity contribution in [2.45, 2.75) is 13.8 Å². The summed E-state index contributed by atoms with van der Waals surface area (Å²) < 4.78 is 5.43. The summed E-state index contributed by atoms with van der Waals surface area (Å²) in [5.74, 6) is -1.31. The quantitative estimate of drug-likeness (QED) is 0.491. The molecule has 138 valence electrons. The van der Waals surface area contributed by atoms with Crippen LogP contribution in [0.25, 0.3) is 0 Å². The molecule has 7 heteroatoms. The number of nitrogens with one attached hydrogen (secondary N) is 1. The van der Waals surface area contributed by atoms with Crippen LogP contribution in [0.2, 0.25) is 0 Å². The third-order valence-electron chi connectivity index (χ3n) is 4.00. The van der Waals surface area contributed by atoms with E-state index in [4.69, 9.17) is 17.0 Å². The van der Waals surface area contributed by atoms with Gasteiger partial charge < -0.3 is 10.1 Å². The smallest absolute Gasteiger partial charge is 0.251 e. The fourth-order valence-electron chi connectivity index (χ4n) is 2.64. The Bertz CT molecular complexity index is 909. The second kappa shape index (κ2) is 8.09. The van der Waals surface area contributed by atoms with Gasteiger partial charge in [-0.2, -0.15) is 0 Å². The van der Waals surface area contributed by atoms with Gasteiger partial charge in [0.2, 0.25) is 5.91 Å². The van der Waals surface area contributed by atoms with Crippen LogP contribution in [0.4, 0.5) is 11.4 Å². The molecule has 0 unspecified atom stereocenters. The van der Waals surface area contributed by atoms with Crippen LogP contribution in [0.15, 0.2) is 53.5 Å². The van der Waals surface area contributed by atoms with Gasteiger partial charge in [-0.15, -0.1) is 0 Å². The van der Waals surface area contributed by atoms with Gasteiger partial charge in [-0.3, -0.25) is 19.5 Å². The van der Waals surface area contributed by atoms with Crippen molar-refractivity contribution in [3.05, 3.63) is 54.1 Å². The average molecular weight is 381 g/mol. The first-order valence-electron chi connectivity index (χ1n) is 8.52. The Labute approximate surface area is 162 Å². The summed E-state index contributed by atoms with van der Waals surface area (Å²) in [6, 6.07) is 14.5. The Morgan fingerprint density at radius 2 is 1.96 bits per heavy atom. The number of carbonyl (C=O) groups is 2. The molecule has 0 radical (unpaired) electrons. The Morgan fingerprint density at radius 1 is 1.22 bits per heavy atom. The number of rotatable bonds is 5. The third-order valence-corrected chi connectivity index (χ3v) is 4.28. The van der Waals surface area contributed by atoms with Crippen molar-refractivity contribution < 1.29 is 14.3 Å². The standard InChI is InChI=1S/C20H19N3O3S/c1-3-26-16-6-4-5-14(11-16)21-12-17-18(24)22-20(27)23(19(17)25)15-9-7-13(2)8-10-15/h4-12,17H,3H2,1-2H3,(H,22,24,27)/t17-/m1/s1. The maximum absolute atomic E-state index is 12.9. The predicted molar refractivity (Wildman–Crippen MR) is 109 cm³/mol. The minimum Gasteiger partial charge on any atom is -0.494 e. The molecule has 0 saturated carbocycles. The van der Waals surface area contributed by atoms with Gasteiger partial charge in [0.1, 0.15) is 5.75 Å². The highest BCUT2D eigenvalue weighted by Crippen LogP contribution is 2.23. The minimum absolute atomic E-state index is 0.0665. The van der Waals surface area contributed by atoms with E-state index in [1.807, 2.05) is 32.0 Å². The molecule has 1 aliphatic rings. The molecule has 1 atom stereocenters. The van der Waals surface area contributed by atoms with Crippen molar-refractivity contribution in [3.8, 4) is 5.75 Å². The molecule has 2 aromatic carbocycles.